The summed E-state index contributed by atoms with van der Waals surface area (Å²) in [6, 6.07) is 9.28. The van der Waals surface area contributed by atoms with Gasteiger partial charge in [-0.15, -0.1) is 0 Å². The van der Waals surface area contributed by atoms with Gasteiger partial charge in [0.25, 0.3) is 5.91 Å². The van der Waals surface area contributed by atoms with Crippen LogP contribution in [0.5, 0.6) is 0 Å². The molecule has 1 aromatic rings. The van der Waals surface area contributed by atoms with Gasteiger partial charge in [0.1, 0.15) is 0 Å². The van der Waals surface area contributed by atoms with Gasteiger partial charge in [-0.25, -0.2) is 4.99 Å². The quantitative estimate of drug-likeness (QED) is 0.670. The molecule has 0 unspecified atom stereocenters. The van der Waals surface area contributed by atoms with Crippen molar-refractivity contribution in [1.29, 1.82) is 0 Å². The minimum atomic E-state index is -0.267. The maximum atomic E-state index is 11.2. The maximum Gasteiger partial charge on any atom is 0.279 e. The third-order valence-corrected chi connectivity index (χ3v) is 2.10. The van der Waals surface area contributed by atoms with E-state index in [4.69, 9.17) is 11.6 Å². The lowest BCUT2D eigenvalue weighted by Crippen LogP contribution is -1.93. The molecule has 0 spiro atoms. The highest BCUT2D eigenvalue weighted by atomic mass is 35.5. The van der Waals surface area contributed by atoms with Crippen LogP contribution in [-0.4, -0.2) is 12.1 Å². The second kappa shape index (κ2) is 3.15. The Morgan fingerprint density at radius 1 is 1.15 bits per heavy atom. The lowest BCUT2D eigenvalue weighted by Gasteiger charge is -1.98. The molecule has 0 atom stereocenters. The molecule has 3 heteroatoms. The maximum absolute atomic E-state index is 11.2. The van der Waals surface area contributed by atoms with Gasteiger partial charge in [-0.3, -0.25) is 4.79 Å². The molecule has 0 aromatic heterocycles. The third-order valence-electron chi connectivity index (χ3n) is 1.81. The summed E-state index contributed by atoms with van der Waals surface area (Å²) in [4.78, 5) is 14.8. The number of nitrogens with zero attached hydrogens (tertiary/aromatic N) is 1. The van der Waals surface area contributed by atoms with Crippen LogP contribution in [0.1, 0.15) is 5.56 Å². The Balaban J connectivity index is 2.50. The number of allylic oxidation sites excluding steroid dienone is 1. The minimum Gasteiger partial charge on any atom is -0.267 e. The zero-order valence-corrected chi connectivity index (χ0v) is 7.45. The SMILES string of the molecule is O=C1N=CC(Cl)=C1c1ccccc1. The van der Waals surface area contributed by atoms with Crippen molar-refractivity contribution in [3.63, 3.8) is 0 Å². The van der Waals surface area contributed by atoms with Gasteiger partial charge in [0, 0.05) is 0 Å². The molecule has 0 saturated heterocycles. The van der Waals surface area contributed by atoms with Crippen LogP contribution in [0.2, 0.25) is 0 Å². The fourth-order valence-electron chi connectivity index (χ4n) is 1.21. The van der Waals surface area contributed by atoms with Crippen molar-refractivity contribution >= 4 is 29.3 Å². The molecule has 0 saturated carbocycles. The molecule has 0 N–H and O–H groups in total. The van der Waals surface area contributed by atoms with Crippen molar-refractivity contribution in [2.45, 2.75) is 0 Å². The monoisotopic (exact) mass is 191 g/mol. The highest BCUT2D eigenvalue weighted by Crippen LogP contribution is 2.25. The van der Waals surface area contributed by atoms with E-state index in [-0.39, 0.29) is 5.91 Å². The first-order valence-corrected chi connectivity index (χ1v) is 4.20. The van der Waals surface area contributed by atoms with Crippen LogP contribution in [0.4, 0.5) is 0 Å². The number of amides is 1. The molecule has 1 aliphatic heterocycles. The molecule has 1 heterocycles. The Morgan fingerprint density at radius 3 is 2.38 bits per heavy atom. The molecule has 0 aliphatic carbocycles. The van der Waals surface area contributed by atoms with Gasteiger partial charge in [-0.1, -0.05) is 41.9 Å². The van der Waals surface area contributed by atoms with Crippen molar-refractivity contribution in [2.24, 2.45) is 4.99 Å². The van der Waals surface area contributed by atoms with E-state index >= 15 is 0 Å². The van der Waals surface area contributed by atoms with Crippen LogP contribution < -0.4 is 0 Å². The predicted molar refractivity (Wildman–Crippen MR) is 52.7 cm³/mol. The summed E-state index contributed by atoms with van der Waals surface area (Å²) >= 11 is 5.82. The summed E-state index contributed by atoms with van der Waals surface area (Å²) < 4.78 is 0. The average Bonchev–Trinajstić information content (AvgIpc) is 2.48. The van der Waals surface area contributed by atoms with Crippen LogP contribution in [0, 0.1) is 0 Å². The van der Waals surface area contributed by atoms with Crippen LogP contribution >= 0.6 is 11.6 Å². The van der Waals surface area contributed by atoms with Crippen molar-refractivity contribution < 1.29 is 4.79 Å². The predicted octanol–water partition coefficient (Wildman–Crippen LogP) is 2.25. The molecular formula is C10H6ClNO. The first-order valence-electron chi connectivity index (χ1n) is 3.82. The molecule has 2 rings (SSSR count). The number of aliphatic imine (C=N–C) groups is 1. The van der Waals surface area contributed by atoms with Crippen LogP contribution in [0.15, 0.2) is 40.4 Å². The van der Waals surface area contributed by atoms with Gasteiger partial charge in [0.2, 0.25) is 0 Å². The van der Waals surface area contributed by atoms with E-state index in [1.54, 1.807) is 0 Å². The first-order chi connectivity index (χ1) is 6.29. The van der Waals surface area contributed by atoms with E-state index in [1.165, 1.54) is 6.21 Å². The third kappa shape index (κ3) is 1.40. The standard InChI is InChI=1S/C10H6ClNO/c11-8-6-12-10(13)9(8)7-4-2-1-3-5-7/h1-6H. The highest BCUT2D eigenvalue weighted by molar-refractivity contribution is 6.51. The number of hydrogen-bond acceptors (Lipinski definition) is 1. The Morgan fingerprint density at radius 2 is 1.85 bits per heavy atom. The summed E-state index contributed by atoms with van der Waals surface area (Å²) in [5.41, 5.74) is 1.30. The Kier molecular flexibility index (Phi) is 1.99. The van der Waals surface area contributed by atoms with Crippen LogP contribution in [0.3, 0.4) is 0 Å². The molecule has 13 heavy (non-hydrogen) atoms. The molecule has 1 aromatic carbocycles. The lowest BCUT2D eigenvalue weighted by molar-refractivity contribution is -0.112. The average molecular weight is 192 g/mol. The summed E-state index contributed by atoms with van der Waals surface area (Å²) in [6.45, 7) is 0. The zero-order chi connectivity index (χ0) is 9.26. The van der Waals surface area contributed by atoms with Crippen molar-refractivity contribution in [3.05, 3.63) is 40.9 Å². The van der Waals surface area contributed by atoms with Gasteiger partial charge in [-0.2, -0.15) is 0 Å². The largest absolute Gasteiger partial charge is 0.279 e. The summed E-state index contributed by atoms with van der Waals surface area (Å²) in [5, 5.41) is 0.413. The number of carbonyl (C=O) groups is 1. The number of carbonyl (C=O) groups excluding carboxylic acids is 1. The second-order valence-electron chi connectivity index (χ2n) is 2.65. The molecule has 1 aliphatic rings. The summed E-state index contributed by atoms with van der Waals surface area (Å²) in [6.07, 6.45) is 1.38. The molecule has 0 radical (unpaired) electrons. The van der Waals surface area contributed by atoms with Crippen LogP contribution in [-0.2, 0) is 4.79 Å². The topological polar surface area (TPSA) is 29.4 Å². The smallest absolute Gasteiger partial charge is 0.267 e. The molecule has 0 bridgehead atoms. The van der Waals surface area contributed by atoms with Crippen molar-refractivity contribution in [2.75, 3.05) is 0 Å². The van der Waals surface area contributed by atoms with E-state index in [0.717, 1.165) is 5.56 Å². The van der Waals surface area contributed by atoms with E-state index in [1.807, 2.05) is 30.3 Å². The fraction of sp³-hybridized carbons (Fsp3) is 0. The summed E-state index contributed by atoms with van der Waals surface area (Å²) in [7, 11) is 0. The molecule has 1 amide bonds. The summed E-state index contributed by atoms with van der Waals surface area (Å²) in [5.74, 6) is -0.267. The molecule has 2 nitrogen and oxygen atoms in total. The minimum absolute atomic E-state index is 0.267. The normalized spacial score (nSPS) is 15.6. The van der Waals surface area contributed by atoms with E-state index in [9.17, 15) is 4.79 Å². The number of rotatable bonds is 1. The van der Waals surface area contributed by atoms with Crippen molar-refractivity contribution in [3.8, 4) is 0 Å². The number of hydrogen-bond donors (Lipinski definition) is 0. The number of halogens is 1. The Bertz CT molecular complexity index is 406. The van der Waals surface area contributed by atoms with Gasteiger partial charge in [-0.05, 0) is 5.56 Å². The fourth-order valence-corrected chi connectivity index (χ4v) is 1.45. The van der Waals surface area contributed by atoms with E-state index in [0.29, 0.717) is 10.6 Å². The zero-order valence-electron chi connectivity index (χ0n) is 6.70. The van der Waals surface area contributed by atoms with Gasteiger partial charge >= 0.3 is 0 Å². The van der Waals surface area contributed by atoms with E-state index in [2.05, 4.69) is 4.99 Å². The molecule has 0 fully saturated rings. The lowest BCUT2D eigenvalue weighted by atomic mass is 10.1. The number of benzene rings is 1. The van der Waals surface area contributed by atoms with Crippen molar-refractivity contribution in [1.82, 2.24) is 0 Å². The van der Waals surface area contributed by atoms with E-state index < -0.39 is 0 Å². The highest BCUT2D eigenvalue weighted by Gasteiger charge is 2.19. The Hall–Kier alpha value is -1.41. The molecule has 64 valence electrons. The van der Waals surface area contributed by atoms with Crippen LogP contribution in [0.25, 0.3) is 5.57 Å². The van der Waals surface area contributed by atoms with Gasteiger partial charge in [0.15, 0.2) is 0 Å². The Labute approximate surface area is 80.6 Å². The van der Waals surface area contributed by atoms with Gasteiger partial charge < -0.3 is 0 Å². The van der Waals surface area contributed by atoms with Gasteiger partial charge in [0.05, 0.1) is 16.8 Å². The second-order valence-corrected chi connectivity index (χ2v) is 3.06. The first kappa shape index (κ1) is 8.20. The molecular weight excluding hydrogens is 186 g/mol.